The first-order chi connectivity index (χ1) is 13.7. The van der Waals surface area contributed by atoms with E-state index in [9.17, 15) is 9.59 Å². The van der Waals surface area contributed by atoms with E-state index in [1.807, 2.05) is 30.3 Å². The van der Waals surface area contributed by atoms with Crippen LogP contribution < -0.4 is 10.1 Å². The van der Waals surface area contributed by atoms with Crippen LogP contribution in [0.4, 0.5) is 0 Å². The number of hydrogen-bond acceptors (Lipinski definition) is 6. The Morgan fingerprint density at radius 1 is 1.14 bits per heavy atom. The molecule has 0 radical (unpaired) electrons. The van der Waals surface area contributed by atoms with E-state index in [0.29, 0.717) is 24.3 Å². The number of Topliss-reactive ketones (excluding diaryl/α,β-unsaturated/α-hetero) is 1. The van der Waals surface area contributed by atoms with E-state index in [2.05, 4.69) is 15.5 Å². The van der Waals surface area contributed by atoms with Gasteiger partial charge in [-0.05, 0) is 24.3 Å². The molecule has 0 saturated heterocycles. The average molecular weight is 379 g/mol. The van der Waals surface area contributed by atoms with Crippen LogP contribution in [0.25, 0.3) is 11.3 Å². The number of ether oxygens (including phenoxy) is 1. The predicted molar refractivity (Wildman–Crippen MR) is 103 cm³/mol. The van der Waals surface area contributed by atoms with Gasteiger partial charge in [-0.2, -0.15) is 0 Å². The zero-order valence-electron chi connectivity index (χ0n) is 15.6. The van der Waals surface area contributed by atoms with Gasteiger partial charge in [-0.3, -0.25) is 14.6 Å². The molecule has 3 aromatic rings. The number of aromatic nitrogens is 2. The molecule has 0 aliphatic carbocycles. The third kappa shape index (κ3) is 5.26. The minimum Gasteiger partial charge on any atom is -0.497 e. The Balaban J connectivity index is 1.43. The number of carbonyl (C=O) groups excluding carboxylic acids is 2. The van der Waals surface area contributed by atoms with Crippen LogP contribution in [0.3, 0.4) is 0 Å². The Morgan fingerprint density at radius 2 is 2.04 bits per heavy atom. The molecular weight excluding hydrogens is 358 g/mol. The highest BCUT2D eigenvalue weighted by Gasteiger charge is 2.11. The van der Waals surface area contributed by atoms with Crippen molar-refractivity contribution >= 4 is 11.7 Å². The SMILES string of the molecule is COc1cccc(-c2cc(CCNC(=O)CCC(=O)c3cccnc3)no2)c1. The van der Waals surface area contributed by atoms with Gasteiger partial charge in [0, 0.05) is 55.4 Å². The Hall–Kier alpha value is -3.48. The Morgan fingerprint density at radius 3 is 2.82 bits per heavy atom. The number of rotatable bonds is 9. The van der Waals surface area contributed by atoms with Crippen LogP contribution in [0.5, 0.6) is 5.75 Å². The first-order valence-electron chi connectivity index (χ1n) is 8.95. The van der Waals surface area contributed by atoms with Gasteiger partial charge in [0.1, 0.15) is 5.75 Å². The van der Waals surface area contributed by atoms with Gasteiger partial charge < -0.3 is 14.6 Å². The number of benzene rings is 1. The lowest BCUT2D eigenvalue weighted by atomic mass is 10.1. The van der Waals surface area contributed by atoms with Crippen molar-refractivity contribution in [1.29, 1.82) is 0 Å². The molecule has 0 aliphatic rings. The first-order valence-corrected chi connectivity index (χ1v) is 8.95. The molecule has 2 aromatic heterocycles. The maximum Gasteiger partial charge on any atom is 0.220 e. The summed E-state index contributed by atoms with van der Waals surface area (Å²) in [6.07, 6.45) is 3.94. The van der Waals surface area contributed by atoms with E-state index in [4.69, 9.17) is 9.26 Å². The van der Waals surface area contributed by atoms with Crippen LogP contribution in [-0.2, 0) is 11.2 Å². The standard InChI is InChI=1S/C21H21N3O4/c1-27-18-6-2-4-15(12-18)20-13-17(24-28-20)9-11-23-21(26)8-7-19(25)16-5-3-10-22-14-16/h2-6,10,12-14H,7-9,11H2,1H3,(H,23,26). The smallest absolute Gasteiger partial charge is 0.220 e. The molecule has 28 heavy (non-hydrogen) atoms. The zero-order chi connectivity index (χ0) is 19.8. The number of pyridine rings is 1. The van der Waals surface area contributed by atoms with E-state index in [1.54, 1.807) is 25.4 Å². The molecule has 0 fully saturated rings. The van der Waals surface area contributed by atoms with Crippen molar-refractivity contribution in [1.82, 2.24) is 15.5 Å². The minimum atomic E-state index is -0.172. The molecule has 2 heterocycles. The van der Waals surface area contributed by atoms with Crippen molar-refractivity contribution in [3.63, 3.8) is 0 Å². The van der Waals surface area contributed by atoms with Gasteiger partial charge in [0.15, 0.2) is 11.5 Å². The molecule has 0 unspecified atom stereocenters. The van der Waals surface area contributed by atoms with E-state index in [-0.39, 0.29) is 24.5 Å². The quantitative estimate of drug-likeness (QED) is 0.574. The maximum absolute atomic E-state index is 12.0. The van der Waals surface area contributed by atoms with Crippen molar-refractivity contribution in [3.8, 4) is 17.1 Å². The fourth-order valence-electron chi connectivity index (χ4n) is 2.66. The van der Waals surface area contributed by atoms with Crippen LogP contribution in [0, 0.1) is 0 Å². The average Bonchev–Trinajstić information content (AvgIpc) is 3.21. The molecule has 0 bridgehead atoms. The molecule has 1 aromatic carbocycles. The number of amides is 1. The topological polar surface area (TPSA) is 94.3 Å². The second kappa shape index (κ2) is 9.45. The summed E-state index contributed by atoms with van der Waals surface area (Å²) in [6.45, 7) is 0.421. The fourth-order valence-corrected chi connectivity index (χ4v) is 2.66. The van der Waals surface area contributed by atoms with Crippen molar-refractivity contribution in [2.24, 2.45) is 0 Å². The Labute approximate surface area is 162 Å². The lowest BCUT2D eigenvalue weighted by Crippen LogP contribution is -2.26. The molecular formula is C21H21N3O4. The number of nitrogens with one attached hydrogen (secondary N) is 1. The van der Waals surface area contributed by atoms with E-state index in [0.717, 1.165) is 17.0 Å². The molecule has 0 spiro atoms. The summed E-state index contributed by atoms with van der Waals surface area (Å²) in [5.74, 6) is 1.11. The summed E-state index contributed by atoms with van der Waals surface area (Å²) >= 11 is 0. The maximum atomic E-state index is 12.0. The summed E-state index contributed by atoms with van der Waals surface area (Å²) in [7, 11) is 1.61. The molecule has 1 N–H and O–H groups in total. The molecule has 144 valence electrons. The van der Waals surface area contributed by atoms with Gasteiger partial charge in [-0.15, -0.1) is 0 Å². The summed E-state index contributed by atoms with van der Waals surface area (Å²) in [5, 5.41) is 6.83. The third-order valence-electron chi connectivity index (χ3n) is 4.18. The number of methoxy groups -OCH3 is 1. The van der Waals surface area contributed by atoms with Gasteiger partial charge in [0.05, 0.1) is 12.8 Å². The fraction of sp³-hybridized carbons (Fsp3) is 0.238. The highest BCUT2D eigenvalue weighted by molar-refractivity contribution is 5.97. The molecule has 7 heteroatoms. The summed E-state index contributed by atoms with van der Waals surface area (Å²) in [4.78, 5) is 27.8. The molecule has 0 aliphatic heterocycles. The molecule has 0 atom stereocenters. The van der Waals surface area contributed by atoms with Crippen LogP contribution in [-0.4, -0.2) is 35.5 Å². The number of hydrogen-bond donors (Lipinski definition) is 1. The number of carbonyl (C=O) groups is 2. The van der Waals surface area contributed by atoms with Crippen LogP contribution in [0.2, 0.25) is 0 Å². The van der Waals surface area contributed by atoms with Crippen LogP contribution in [0.1, 0.15) is 28.9 Å². The first kappa shape index (κ1) is 19.3. The predicted octanol–water partition coefficient (Wildman–Crippen LogP) is 3.07. The normalized spacial score (nSPS) is 10.5. The van der Waals surface area contributed by atoms with Gasteiger partial charge in [-0.25, -0.2) is 0 Å². The second-order valence-electron chi connectivity index (χ2n) is 6.18. The Kier molecular flexibility index (Phi) is 6.51. The molecule has 0 saturated carbocycles. The summed E-state index contributed by atoms with van der Waals surface area (Å²) in [6, 6.07) is 12.7. The van der Waals surface area contributed by atoms with E-state index < -0.39 is 0 Å². The lowest BCUT2D eigenvalue weighted by Gasteiger charge is -2.03. The van der Waals surface area contributed by atoms with Gasteiger partial charge in [-0.1, -0.05) is 17.3 Å². The highest BCUT2D eigenvalue weighted by Crippen LogP contribution is 2.24. The minimum absolute atomic E-state index is 0.0947. The largest absolute Gasteiger partial charge is 0.497 e. The Bertz CT molecular complexity index is 938. The van der Waals surface area contributed by atoms with E-state index in [1.165, 1.54) is 6.20 Å². The van der Waals surface area contributed by atoms with Gasteiger partial charge >= 0.3 is 0 Å². The number of nitrogens with zero attached hydrogens (tertiary/aromatic N) is 2. The third-order valence-corrected chi connectivity index (χ3v) is 4.18. The van der Waals surface area contributed by atoms with Crippen LogP contribution in [0.15, 0.2) is 59.4 Å². The summed E-state index contributed by atoms with van der Waals surface area (Å²) in [5.41, 5.74) is 2.13. The highest BCUT2D eigenvalue weighted by atomic mass is 16.5. The van der Waals surface area contributed by atoms with Gasteiger partial charge in [0.2, 0.25) is 5.91 Å². The number of ketones is 1. The second-order valence-corrected chi connectivity index (χ2v) is 6.18. The lowest BCUT2D eigenvalue weighted by molar-refractivity contribution is -0.121. The molecule has 1 amide bonds. The van der Waals surface area contributed by atoms with Gasteiger partial charge in [0.25, 0.3) is 0 Å². The summed E-state index contributed by atoms with van der Waals surface area (Å²) < 4.78 is 10.6. The van der Waals surface area contributed by atoms with Crippen molar-refractivity contribution in [2.75, 3.05) is 13.7 Å². The van der Waals surface area contributed by atoms with E-state index >= 15 is 0 Å². The van der Waals surface area contributed by atoms with Crippen molar-refractivity contribution in [3.05, 3.63) is 66.1 Å². The van der Waals surface area contributed by atoms with Crippen LogP contribution >= 0.6 is 0 Å². The zero-order valence-corrected chi connectivity index (χ0v) is 15.6. The monoisotopic (exact) mass is 379 g/mol. The molecule has 3 rings (SSSR count). The van der Waals surface area contributed by atoms with Crippen molar-refractivity contribution < 1.29 is 18.8 Å². The van der Waals surface area contributed by atoms with Crippen molar-refractivity contribution in [2.45, 2.75) is 19.3 Å². The molecule has 7 nitrogen and oxygen atoms in total.